The number of phenols is 1. The summed E-state index contributed by atoms with van der Waals surface area (Å²) in [5, 5.41) is 61.2. The molecule has 0 saturated carbocycles. The molecule has 0 aromatic heterocycles. The van der Waals surface area contributed by atoms with E-state index in [9.17, 15) is 9.59 Å². The van der Waals surface area contributed by atoms with Crippen LogP contribution in [-0.4, -0.2) is 86.1 Å². The van der Waals surface area contributed by atoms with Crippen LogP contribution in [0.5, 0.6) is 11.5 Å². The molecule has 0 saturated heterocycles. The second-order valence-corrected chi connectivity index (χ2v) is 4.55. The molecule has 136 valence electrons. The Morgan fingerprint density at radius 1 is 1.21 bits per heavy atom. The molecule has 0 aliphatic rings. The number of hydrogen-bond donors (Lipinski definition) is 7. The largest absolute Gasteiger partial charge is 0.504 e. The van der Waals surface area contributed by atoms with Crippen LogP contribution < -0.4 is 4.74 Å². The van der Waals surface area contributed by atoms with E-state index in [0.29, 0.717) is 0 Å². The number of benzene rings is 1. The average Bonchev–Trinajstić information content (AvgIpc) is 2.59. The van der Waals surface area contributed by atoms with Gasteiger partial charge in [0.05, 0.1) is 19.3 Å². The minimum absolute atomic E-state index is 0.0258. The first kappa shape index (κ1) is 21.8. The molecule has 0 heterocycles. The molecule has 0 fully saturated rings. The van der Waals surface area contributed by atoms with Crippen molar-refractivity contribution in [1.29, 1.82) is 0 Å². The number of carbonyl (C=O) groups excluding carboxylic acids is 1. The first-order valence-corrected chi connectivity index (χ1v) is 6.58. The third-order valence-electron chi connectivity index (χ3n) is 2.85. The van der Waals surface area contributed by atoms with E-state index < -0.39 is 37.0 Å². The van der Waals surface area contributed by atoms with Crippen LogP contribution in [0.1, 0.15) is 10.4 Å². The lowest BCUT2D eigenvalue weighted by molar-refractivity contribution is -0.136. The van der Waals surface area contributed by atoms with E-state index in [2.05, 4.69) is 0 Å². The van der Waals surface area contributed by atoms with Crippen molar-refractivity contribution >= 4 is 12.3 Å². The van der Waals surface area contributed by atoms with Gasteiger partial charge in [-0.1, -0.05) is 0 Å². The van der Waals surface area contributed by atoms with Crippen LogP contribution in [0.3, 0.4) is 0 Å². The zero-order valence-corrected chi connectivity index (χ0v) is 12.7. The summed E-state index contributed by atoms with van der Waals surface area (Å²) in [5.41, 5.74) is 0.0876. The fraction of sp³-hybridized carbons (Fsp3) is 0.429. The number of ether oxygens (including phenoxy) is 1. The summed E-state index contributed by atoms with van der Waals surface area (Å²) >= 11 is 0. The number of methoxy groups -OCH3 is 1. The number of aliphatic hydroxyl groups is 5. The third kappa shape index (κ3) is 6.48. The van der Waals surface area contributed by atoms with Crippen LogP contribution in [0.25, 0.3) is 0 Å². The standard InChI is InChI=1S/C8H8O4.C6H12O6/c1-12-7-4-5(8(10)11)2-3-6(7)9;7-1-3(9)5(11)6(12)4(10)2-8/h2-4,9H,1H3,(H,10,11);1,3-6,8-12H,2H2/t;3-,4+,5+,6+/m.0/s1. The molecule has 0 radical (unpaired) electrons. The Kier molecular flexibility index (Phi) is 9.54. The number of carboxylic acid groups (broad SMARTS) is 1. The summed E-state index contributed by atoms with van der Waals surface area (Å²) in [6.07, 6.45) is -6.84. The van der Waals surface area contributed by atoms with E-state index in [4.69, 9.17) is 40.5 Å². The SMILES string of the molecule is COc1cc(C(=O)O)ccc1O.O=C[C@H](O)[C@@H](O)[C@H](O)[C@H](O)CO. The number of carbonyl (C=O) groups is 2. The molecule has 0 spiro atoms. The molecule has 0 amide bonds. The fourth-order valence-electron chi connectivity index (χ4n) is 1.43. The van der Waals surface area contributed by atoms with Gasteiger partial charge in [0, 0.05) is 0 Å². The summed E-state index contributed by atoms with van der Waals surface area (Å²) in [7, 11) is 1.36. The molecule has 1 aromatic rings. The first-order chi connectivity index (χ1) is 11.2. The number of hydrogen-bond acceptors (Lipinski definition) is 9. The number of aldehydes is 1. The van der Waals surface area contributed by atoms with Gasteiger partial charge < -0.3 is 45.3 Å². The fourth-order valence-corrected chi connectivity index (χ4v) is 1.43. The summed E-state index contributed by atoms with van der Waals surface area (Å²) < 4.78 is 4.72. The lowest BCUT2D eigenvalue weighted by Crippen LogP contribution is -2.46. The lowest BCUT2D eigenvalue weighted by Gasteiger charge is -2.22. The highest BCUT2D eigenvalue weighted by atomic mass is 16.5. The zero-order valence-electron chi connectivity index (χ0n) is 12.7. The number of phenolic OH excluding ortho intramolecular Hbond substituents is 1. The summed E-state index contributed by atoms with van der Waals surface area (Å²) in [6, 6.07) is 3.85. The van der Waals surface area contributed by atoms with E-state index in [0.717, 1.165) is 0 Å². The van der Waals surface area contributed by atoms with Gasteiger partial charge in [-0.2, -0.15) is 0 Å². The molecule has 10 heteroatoms. The van der Waals surface area contributed by atoms with E-state index in [1.165, 1.54) is 25.3 Å². The second kappa shape index (κ2) is 10.5. The number of aliphatic hydroxyl groups excluding tert-OH is 5. The molecule has 0 bridgehead atoms. The van der Waals surface area contributed by atoms with Gasteiger partial charge in [-0.3, -0.25) is 0 Å². The van der Waals surface area contributed by atoms with Gasteiger partial charge in [0.15, 0.2) is 17.8 Å². The van der Waals surface area contributed by atoms with Crippen LogP contribution in [0.2, 0.25) is 0 Å². The molecule has 7 N–H and O–H groups in total. The normalized spacial score (nSPS) is 15.2. The van der Waals surface area contributed by atoms with Crippen molar-refractivity contribution < 1.29 is 50.1 Å². The molecular weight excluding hydrogens is 328 g/mol. The van der Waals surface area contributed by atoms with Crippen LogP contribution in [0.4, 0.5) is 0 Å². The molecule has 1 aromatic carbocycles. The number of rotatable bonds is 7. The number of aromatic carboxylic acids is 1. The summed E-state index contributed by atoms with van der Waals surface area (Å²) in [6.45, 7) is -0.760. The Labute approximate surface area is 136 Å². The van der Waals surface area contributed by atoms with Gasteiger partial charge >= 0.3 is 5.97 Å². The molecule has 10 nitrogen and oxygen atoms in total. The Balaban J connectivity index is 0.000000441. The highest BCUT2D eigenvalue weighted by molar-refractivity contribution is 5.88. The molecule has 0 aliphatic carbocycles. The quantitative estimate of drug-likeness (QED) is 0.265. The highest BCUT2D eigenvalue weighted by Crippen LogP contribution is 2.25. The van der Waals surface area contributed by atoms with Crippen molar-refractivity contribution in [2.24, 2.45) is 0 Å². The lowest BCUT2D eigenvalue weighted by atomic mass is 10.0. The first-order valence-electron chi connectivity index (χ1n) is 6.58. The van der Waals surface area contributed by atoms with Crippen molar-refractivity contribution in [3.05, 3.63) is 23.8 Å². The van der Waals surface area contributed by atoms with E-state index in [1.54, 1.807) is 0 Å². The Bertz CT molecular complexity index is 532. The zero-order chi connectivity index (χ0) is 18.9. The summed E-state index contributed by atoms with van der Waals surface area (Å²) in [4.78, 5) is 20.3. The number of aromatic hydroxyl groups is 1. The molecule has 1 rings (SSSR count). The van der Waals surface area contributed by atoms with Gasteiger partial charge in [-0.05, 0) is 18.2 Å². The van der Waals surface area contributed by atoms with Crippen LogP contribution in [0.15, 0.2) is 18.2 Å². The van der Waals surface area contributed by atoms with Gasteiger partial charge in [0.2, 0.25) is 0 Å². The summed E-state index contributed by atoms with van der Waals surface area (Å²) in [5.74, 6) is -0.953. The van der Waals surface area contributed by atoms with Crippen molar-refractivity contribution in [3.63, 3.8) is 0 Å². The maximum absolute atomic E-state index is 10.4. The van der Waals surface area contributed by atoms with Gasteiger partial charge in [0.25, 0.3) is 0 Å². The third-order valence-corrected chi connectivity index (χ3v) is 2.85. The van der Waals surface area contributed by atoms with Gasteiger partial charge in [-0.15, -0.1) is 0 Å². The van der Waals surface area contributed by atoms with Crippen molar-refractivity contribution in [2.45, 2.75) is 24.4 Å². The Morgan fingerprint density at radius 2 is 1.79 bits per heavy atom. The Morgan fingerprint density at radius 3 is 2.21 bits per heavy atom. The van der Waals surface area contributed by atoms with Crippen LogP contribution in [-0.2, 0) is 4.79 Å². The van der Waals surface area contributed by atoms with Gasteiger partial charge in [0.1, 0.15) is 24.4 Å². The highest BCUT2D eigenvalue weighted by Gasteiger charge is 2.29. The molecular formula is C14H20O10. The molecule has 4 atom stereocenters. The van der Waals surface area contributed by atoms with Crippen LogP contribution >= 0.6 is 0 Å². The molecule has 24 heavy (non-hydrogen) atoms. The van der Waals surface area contributed by atoms with E-state index in [-0.39, 0.29) is 23.3 Å². The monoisotopic (exact) mass is 348 g/mol. The minimum Gasteiger partial charge on any atom is -0.504 e. The van der Waals surface area contributed by atoms with Gasteiger partial charge in [-0.25, -0.2) is 4.79 Å². The minimum atomic E-state index is -1.79. The predicted molar refractivity (Wildman–Crippen MR) is 78.8 cm³/mol. The average molecular weight is 348 g/mol. The maximum atomic E-state index is 10.4. The van der Waals surface area contributed by atoms with E-state index >= 15 is 0 Å². The van der Waals surface area contributed by atoms with Crippen LogP contribution in [0, 0.1) is 0 Å². The van der Waals surface area contributed by atoms with Crippen molar-refractivity contribution in [3.8, 4) is 11.5 Å². The Hall–Kier alpha value is -2.24. The topological polar surface area (TPSA) is 185 Å². The molecule has 0 aliphatic heterocycles. The second-order valence-electron chi connectivity index (χ2n) is 4.55. The number of carboxylic acids is 1. The van der Waals surface area contributed by atoms with Crippen molar-refractivity contribution in [1.82, 2.24) is 0 Å². The predicted octanol–water partition coefficient (Wildman–Crippen LogP) is -2.28. The van der Waals surface area contributed by atoms with E-state index in [1.807, 2.05) is 0 Å². The smallest absolute Gasteiger partial charge is 0.335 e. The van der Waals surface area contributed by atoms with Crippen molar-refractivity contribution in [2.75, 3.05) is 13.7 Å². The molecule has 0 unspecified atom stereocenters. The maximum Gasteiger partial charge on any atom is 0.335 e.